The Morgan fingerprint density at radius 2 is 2.05 bits per heavy atom. The Labute approximate surface area is 124 Å². The van der Waals surface area contributed by atoms with E-state index in [4.69, 9.17) is 14.9 Å². The van der Waals surface area contributed by atoms with E-state index in [1.54, 1.807) is 13.0 Å². The van der Waals surface area contributed by atoms with Crippen LogP contribution in [0.5, 0.6) is 5.75 Å². The van der Waals surface area contributed by atoms with E-state index in [0.29, 0.717) is 11.4 Å². The van der Waals surface area contributed by atoms with E-state index in [2.05, 4.69) is 0 Å². The van der Waals surface area contributed by atoms with Crippen LogP contribution in [-0.4, -0.2) is 26.9 Å². The van der Waals surface area contributed by atoms with Gasteiger partial charge in [-0.1, -0.05) is 0 Å². The summed E-state index contributed by atoms with van der Waals surface area (Å²) < 4.78 is 36.8. The summed E-state index contributed by atoms with van der Waals surface area (Å²) in [5.41, 5.74) is 6.91. The van der Waals surface area contributed by atoms with Gasteiger partial charge in [0.2, 0.25) is 10.0 Å². The minimum atomic E-state index is -3.68. The number of hydrogen-bond donors (Lipinski definition) is 1. The Morgan fingerprint density at radius 3 is 2.62 bits per heavy atom. The highest BCUT2D eigenvalue weighted by molar-refractivity contribution is 7.89. The first-order valence-electron chi connectivity index (χ1n) is 6.29. The molecule has 114 valence electrons. The van der Waals surface area contributed by atoms with Crippen LogP contribution < -0.4 is 10.5 Å². The molecule has 0 saturated heterocycles. The predicted octanol–water partition coefficient (Wildman–Crippen LogP) is 2.00. The Kier molecular flexibility index (Phi) is 4.24. The lowest BCUT2D eigenvalue weighted by Gasteiger charge is -2.18. The lowest BCUT2D eigenvalue weighted by Crippen LogP contribution is -2.27. The van der Waals surface area contributed by atoms with Crippen molar-refractivity contribution >= 4 is 15.7 Å². The van der Waals surface area contributed by atoms with Crippen molar-refractivity contribution < 1.29 is 17.6 Å². The summed E-state index contributed by atoms with van der Waals surface area (Å²) in [5, 5.41) is 0. The van der Waals surface area contributed by atoms with Gasteiger partial charge >= 0.3 is 0 Å². The van der Waals surface area contributed by atoms with E-state index in [0.717, 1.165) is 5.56 Å². The Hall–Kier alpha value is -1.99. The molecule has 0 aliphatic heterocycles. The number of ether oxygens (including phenoxy) is 1. The zero-order chi connectivity index (χ0) is 15.6. The topological polar surface area (TPSA) is 85.8 Å². The Balaban J connectivity index is 2.35. The molecule has 0 radical (unpaired) electrons. The van der Waals surface area contributed by atoms with Crippen LogP contribution in [0.4, 0.5) is 5.69 Å². The molecule has 0 spiro atoms. The second-order valence-corrected chi connectivity index (χ2v) is 6.69. The fourth-order valence-corrected chi connectivity index (χ4v) is 3.25. The van der Waals surface area contributed by atoms with E-state index < -0.39 is 10.0 Å². The van der Waals surface area contributed by atoms with Crippen LogP contribution in [-0.2, 0) is 16.6 Å². The lowest BCUT2D eigenvalue weighted by molar-refractivity contribution is 0.397. The molecule has 0 saturated carbocycles. The van der Waals surface area contributed by atoms with Gasteiger partial charge in [-0.05, 0) is 25.1 Å². The van der Waals surface area contributed by atoms with E-state index in [1.165, 1.54) is 42.9 Å². The molecule has 6 nitrogen and oxygen atoms in total. The number of furan rings is 1. The third kappa shape index (κ3) is 3.03. The van der Waals surface area contributed by atoms with Crippen molar-refractivity contribution in [3.8, 4) is 5.75 Å². The number of anilines is 1. The number of aryl methyl sites for hydroxylation is 1. The standard InChI is InChI=1S/C14H18N2O4S/c1-10-11(6-7-20-10)9-16(2)21(17,18)14-5-4-12(15)8-13(14)19-3/h4-8H,9,15H2,1-3H3. The van der Waals surface area contributed by atoms with Crippen LogP contribution in [0.3, 0.4) is 0 Å². The van der Waals surface area contributed by atoms with Crippen LogP contribution in [0, 0.1) is 6.92 Å². The van der Waals surface area contributed by atoms with Gasteiger partial charge in [-0.2, -0.15) is 4.31 Å². The Bertz CT molecular complexity index is 737. The third-order valence-electron chi connectivity index (χ3n) is 3.24. The van der Waals surface area contributed by atoms with Gasteiger partial charge in [0.1, 0.15) is 16.4 Å². The van der Waals surface area contributed by atoms with Crippen molar-refractivity contribution in [3.05, 3.63) is 41.9 Å². The molecule has 2 rings (SSSR count). The SMILES string of the molecule is COc1cc(N)ccc1S(=O)(=O)N(C)Cc1ccoc1C. The summed E-state index contributed by atoms with van der Waals surface area (Å²) in [6.45, 7) is 2.01. The zero-order valence-corrected chi connectivity index (χ0v) is 13.0. The number of hydrogen-bond acceptors (Lipinski definition) is 5. The number of nitrogen functional groups attached to an aromatic ring is 1. The summed E-state index contributed by atoms with van der Waals surface area (Å²) in [4.78, 5) is 0.0860. The highest BCUT2D eigenvalue weighted by Gasteiger charge is 2.25. The molecule has 0 aliphatic rings. The molecule has 1 aromatic heterocycles. The molecule has 2 N–H and O–H groups in total. The van der Waals surface area contributed by atoms with Gasteiger partial charge in [0, 0.05) is 30.9 Å². The maximum absolute atomic E-state index is 12.6. The van der Waals surface area contributed by atoms with E-state index in [1.807, 2.05) is 0 Å². The molecule has 21 heavy (non-hydrogen) atoms. The molecule has 1 aromatic carbocycles. The predicted molar refractivity (Wildman–Crippen MR) is 79.5 cm³/mol. The average molecular weight is 310 g/mol. The van der Waals surface area contributed by atoms with Gasteiger partial charge in [-0.25, -0.2) is 8.42 Å². The molecule has 0 bridgehead atoms. The van der Waals surface area contributed by atoms with Gasteiger partial charge in [0.15, 0.2) is 0 Å². The van der Waals surface area contributed by atoms with E-state index >= 15 is 0 Å². The number of rotatable bonds is 5. The van der Waals surface area contributed by atoms with E-state index in [-0.39, 0.29) is 17.2 Å². The first kappa shape index (κ1) is 15.4. The van der Waals surface area contributed by atoms with Crippen LogP contribution >= 0.6 is 0 Å². The van der Waals surface area contributed by atoms with Crippen LogP contribution in [0.1, 0.15) is 11.3 Å². The maximum Gasteiger partial charge on any atom is 0.246 e. The first-order chi connectivity index (χ1) is 9.86. The number of nitrogens with two attached hydrogens (primary N) is 1. The first-order valence-corrected chi connectivity index (χ1v) is 7.73. The lowest BCUT2D eigenvalue weighted by atomic mass is 10.3. The quantitative estimate of drug-likeness (QED) is 0.854. The number of methoxy groups -OCH3 is 1. The molecule has 0 amide bonds. The largest absolute Gasteiger partial charge is 0.495 e. The van der Waals surface area contributed by atoms with Gasteiger partial charge in [0.25, 0.3) is 0 Å². The number of benzene rings is 1. The monoisotopic (exact) mass is 310 g/mol. The van der Waals surface area contributed by atoms with Crippen LogP contribution in [0.15, 0.2) is 39.8 Å². The van der Waals surface area contributed by atoms with Crippen LogP contribution in [0.25, 0.3) is 0 Å². The highest BCUT2D eigenvalue weighted by atomic mass is 32.2. The molecule has 0 unspecified atom stereocenters. The summed E-state index contributed by atoms with van der Waals surface area (Å²) >= 11 is 0. The molecule has 0 atom stereocenters. The fraction of sp³-hybridized carbons (Fsp3) is 0.286. The summed E-state index contributed by atoms with van der Waals surface area (Å²) in [6.07, 6.45) is 1.54. The zero-order valence-electron chi connectivity index (χ0n) is 12.2. The van der Waals surface area contributed by atoms with Gasteiger partial charge in [-0.3, -0.25) is 0 Å². The van der Waals surface area contributed by atoms with Crippen LogP contribution in [0.2, 0.25) is 0 Å². The van der Waals surface area contributed by atoms with E-state index in [9.17, 15) is 8.42 Å². The molecule has 1 heterocycles. The van der Waals surface area contributed by atoms with Gasteiger partial charge in [-0.15, -0.1) is 0 Å². The van der Waals surface area contributed by atoms with Gasteiger partial charge < -0.3 is 14.9 Å². The van der Waals surface area contributed by atoms with Gasteiger partial charge in [0.05, 0.1) is 13.4 Å². The highest BCUT2D eigenvalue weighted by Crippen LogP contribution is 2.29. The minimum Gasteiger partial charge on any atom is -0.495 e. The minimum absolute atomic E-state index is 0.0860. The number of sulfonamides is 1. The second kappa shape index (κ2) is 5.79. The average Bonchev–Trinajstić information content (AvgIpc) is 2.83. The molecule has 0 aliphatic carbocycles. The summed E-state index contributed by atoms with van der Waals surface area (Å²) in [5.74, 6) is 0.923. The smallest absolute Gasteiger partial charge is 0.246 e. The summed E-state index contributed by atoms with van der Waals surface area (Å²) in [7, 11) is -0.758. The summed E-state index contributed by atoms with van der Waals surface area (Å²) in [6, 6.07) is 6.22. The third-order valence-corrected chi connectivity index (χ3v) is 5.08. The second-order valence-electron chi connectivity index (χ2n) is 4.67. The molecular weight excluding hydrogens is 292 g/mol. The molecular formula is C14H18N2O4S. The number of nitrogens with zero attached hydrogens (tertiary/aromatic N) is 1. The fourth-order valence-electron chi connectivity index (χ4n) is 1.97. The normalized spacial score (nSPS) is 11.8. The molecule has 2 aromatic rings. The van der Waals surface area contributed by atoms with Crippen molar-refractivity contribution in [1.82, 2.24) is 4.31 Å². The molecule has 0 fully saturated rings. The van der Waals surface area contributed by atoms with Crippen molar-refractivity contribution in [3.63, 3.8) is 0 Å². The Morgan fingerprint density at radius 1 is 1.33 bits per heavy atom. The van der Waals surface area contributed by atoms with Crippen molar-refractivity contribution in [2.45, 2.75) is 18.4 Å². The van der Waals surface area contributed by atoms with Crippen molar-refractivity contribution in [2.24, 2.45) is 0 Å². The van der Waals surface area contributed by atoms with Crippen molar-refractivity contribution in [2.75, 3.05) is 19.9 Å². The maximum atomic E-state index is 12.6. The molecule has 7 heteroatoms. The van der Waals surface area contributed by atoms with Crippen molar-refractivity contribution in [1.29, 1.82) is 0 Å².